The number of aliphatic imine (C=N–C) groups is 1. The van der Waals surface area contributed by atoms with Gasteiger partial charge in [-0.1, -0.05) is 32.6 Å². The van der Waals surface area contributed by atoms with Gasteiger partial charge in [0.25, 0.3) is 0 Å². The van der Waals surface area contributed by atoms with Crippen LogP contribution >= 0.6 is 12.4 Å². The molecule has 0 bridgehead atoms. The molecule has 0 spiro atoms. The Morgan fingerprint density at radius 2 is 1.88 bits per heavy atom. The molecule has 96 valence electrons. The SMILES string of the molecule is CCCCCCC/N=C(\NC)NC(=N)N.Cl. The van der Waals surface area contributed by atoms with Gasteiger partial charge in [0, 0.05) is 13.6 Å². The van der Waals surface area contributed by atoms with E-state index < -0.39 is 0 Å². The third-order valence-electron chi connectivity index (χ3n) is 2.02. The standard InChI is InChI=1S/C10H23N5.ClH/c1-3-4-5-6-7-8-14-10(13-2)15-9(11)12;/h3-8H2,1-2H3,(H5,11,12,13,14,15);1H. The van der Waals surface area contributed by atoms with Crippen molar-refractivity contribution in [2.24, 2.45) is 10.7 Å². The number of nitrogens with two attached hydrogens (primary N) is 1. The molecule has 16 heavy (non-hydrogen) atoms. The molecule has 0 saturated carbocycles. The first-order valence-electron chi connectivity index (χ1n) is 5.54. The highest BCUT2D eigenvalue weighted by atomic mass is 35.5. The van der Waals surface area contributed by atoms with Crippen molar-refractivity contribution in [3.63, 3.8) is 0 Å². The molecule has 0 aliphatic heterocycles. The molecule has 5 N–H and O–H groups in total. The Kier molecular flexibility index (Phi) is 13.2. The summed E-state index contributed by atoms with van der Waals surface area (Å²) in [6.45, 7) is 2.98. The van der Waals surface area contributed by atoms with Crippen LogP contribution in [0.5, 0.6) is 0 Å². The van der Waals surface area contributed by atoms with Crippen molar-refractivity contribution in [1.29, 1.82) is 5.41 Å². The number of hydrogen-bond donors (Lipinski definition) is 4. The zero-order chi connectivity index (χ0) is 11.5. The molecule has 0 unspecified atom stereocenters. The van der Waals surface area contributed by atoms with Gasteiger partial charge in [-0.15, -0.1) is 12.4 Å². The predicted molar refractivity (Wildman–Crippen MR) is 72.4 cm³/mol. The van der Waals surface area contributed by atoms with Crippen LogP contribution in [0.4, 0.5) is 0 Å². The molecule has 0 atom stereocenters. The Bertz CT molecular complexity index is 205. The normalized spacial score (nSPS) is 10.5. The topological polar surface area (TPSA) is 86.3 Å². The van der Waals surface area contributed by atoms with Crippen molar-refractivity contribution in [3.05, 3.63) is 0 Å². The van der Waals surface area contributed by atoms with Crippen molar-refractivity contribution in [2.45, 2.75) is 39.0 Å². The second-order valence-electron chi connectivity index (χ2n) is 3.43. The summed E-state index contributed by atoms with van der Waals surface area (Å²) in [7, 11) is 1.76. The molecule has 6 heteroatoms. The summed E-state index contributed by atoms with van der Waals surface area (Å²) in [4.78, 5) is 4.25. The molecule has 0 aliphatic rings. The zero-order valence-electron chi connectivity index (χ0n) is 10.2. The average Bonchev–Trinajstić information content (AvgIpc) is 2.20. The number of halogens is 1. The van der Waals surface area contributed by atoms with E-state index in [9.17, 15) is 0 Å². The fourth-order valence-corrected chi connectivity index (χ4v) is 1.21. The molecule has 0 saturated heterocycles. The second-order valence-corrected chi connectivity index (χ2v) is 3.43. The number of rotatable bonds is 6. The maximum atomic E-state index is 7.05. The highest BCUT2D eigenvalue weighted by molar-refractivity contribution is 5.96. The molecule has 0 radical (unpaired) electrons. The Labute approximate surface area is 104 Å². The monoisotopic (exact) mass is 249 g/mol. The minimum absolute atomic E-state index is 0. The predicted octanol–water partition coefficient (Wildman–Crippen LogP) is 1.44. The smallest absolute Gasteiger partial charge is 0.197 e. The quantitative estimate of drug-likeness (QED) is 0.326. The minimum atomic E-state index is -0.0888. The first-order chi connectivity index (χ1) is 7.20. The van der Waals surface area contributed by atoms with Crippen molar-refractivity contribution in [3.8, 4) is 0 Å². The van der Waals surface area contributed by atoms with Crippen LogP contribution in [-0.4, -0.2) is 25.5 Å². The Balaban J connectivity index is 0. The molecule has 0 heterocycles. The minimum Gasteiger partial charge on any atom is -0.370 e. The van der Waals surface area contributed by atoms with E-state index in [0.717, 1.165) is 13.0 Å². The lowest BCUT2D eigenvalue weighted by molar-refractivity contribution is 0.637. The van der Waals surface area contributed by atoms with Crippen LogP contribution in [0.25, 0.3) is 0 Å². The van der Waals surface area contributed by atoms with Crippen LogP contribution in [-0.2, 0) is 0 Å². The summed E-state index contributed by atoms with van der Waals surface area (Å²) < 4.78 is 0. The number of guanidine groups is 2. The van der Waals surface area contributed by atoms with Crippen LogP contribution in [0, 0.1) is 5.41 Å². The summed E-state index contributed by atoms with van der Waals surface area (Å²) in [5.41, 5.74) is 5.19. The van der Waals surface area contributed by atoms with Crippen LogP contribution in [0.1, 0.15) is 39.0 Å². The molecule has 0 fully saturated rings. The van der Waals surface area contributed by atoms with Crippen LogP contribution in [0.2, 0.25) is 0 Å². The number of nitrogens with zero attached hydrogens (tertiary/aromatic N) is 1. The maximum absolute atomic E-state index is 7.05. The third kappa shape index (κ3) is 11.1. The largest absolute Gasteiger partial charge is 0.370 e. The summed E-state index contributed by atoms with van der Waals surface area (Å²) in [6, 6.07) is 0. The van der Waals surface area contributed by atoms with E-state index in [4.69, 9.17) is 11.1 Å². The summed E-state index contributed by atoms with van der Waals surface area (Å²) in [6.07, 6.45) is 6.14. The van der Waals surface area contributed by atoms with Crippen molar-refractivity contribution in [2.75, 3.05) is 13.6 Å². The third-order valence-corrected chi connectivity index (χ3v) is 2.02. The fraction of sp³-hybridized carbons (Fsp3) is 0.800. The molecule has 0 amide bonds. The highest BCUT2D eigenvalue weighted by Crippen LogP contribution is 2.01. The molecule has 0 rings (SSSR count). The van der Waals surface area contributed by atoms with E-state index >= 15 is 0 Å². The van der Waals surface area contributed by atoms with Gasteiger partial charge in [0.05, 0.1) is 0 Å². The molecule has 5 nitrogen and oxygen atoms in total. The lowest BCUT2D eigenvalue weighted by Gasteiger charge is -2.06. The van der Waals surface area contributed by atoms with E-state index in [2.05, 4.69) is 22.5 Å². The molecule has 0 aromatic carbocycles. The van der Waals surface area contributed by atoms with Crippen molar-refractivity contribution >= 4 is 24.3 Å². The van der Waals surface area contributed by atoms with Gasteiger partial charge in [-0.05, 0) is 6.42 Å². The Morgan fingerprint density at radius 3 is 2.38 bits per heavy atom. The summed E-state index contributed by atoms with van der Waals surface area (Å²) >= 11 is 0. The van der Waals surface area contributed by atoms with Gasteiger partial charge >= 0.3 is 0 Å². The van der Waals surface area contributed by atoms with E-state index in [1.54, 1.807) is 7.05 Å². The van der Waals surface area contributed by atoms with Gasteiger partial charge in [-0.25, -0.2) is 0 Å². The summed E-state index contributed by atoms with van der Waals surface area (Å²) in [5.74, 6) is 0.479. The van der Waals surface area contributed by atoms with E-state index in [-0.39, 0.29) is 18.4 Å². The fourth-order valence-electron chi connectivity index (χ4n) is 1.21. The van der Waals surface area contributed by atoms with Crippen LogP contribution in [0.15, 0.2) is 4.99 Å². The highest BCUT2D eigenvalue weighted by Gasteiger charge is 1.95. The van der Waals surface area contributed by atoms with Crippen LogP contribution < -0.4 is 16.4 Å². The Morgan fingerprint density at radius 1 is 1.25 bits per heavy atom. The molecule has 0 aromatic heterocycles. The molecular formula is C10H24ClN5. The first-order valence-corrected chi connectivity index (χ1v) is 5.54. The van der Waals surface area contributed by atoms with E-state index in [0.29, 0.717) is 5.96 Å². The number of unbranched alkanes of at least 4 members (excludes halogenated alkanes) is 4. The number of nitrogens with one attached hydrogen (secondary N) is 3. The second kappa shape index (κ2) is 12.1. The van der Waals surface area contributed by atoms with Crippen molar-refractivity contribution < 1.29 is 0 Å². The van der Waals surface area contributed by atoms with Crippen LogP contribution in [0.3, 0.4) is 0 Å². The Hall–Kier alpha value is -0.970. The van der Waals surface area contributed by atoms with Crippen molar-refractivity contribution in [1.82, 2.24) is 10.6 Å². The molecule has 0 aliphatic carbocycles. The lowest BCUT2D eigenvalue weighted by Crippen LogP contribution is -2.42. The van der Waals surface area contributed by atoms with Gasteiger partial charge in [0.15, 0.2) is 11.9 Å². The lowest BCUT2D eigenvalue weighted by atomic mass is 10.2. The van der Waals surface area contributed by atoms with E-state index in [1.807, 2.05) is 0 Å². The first kappa shape index (κ1) is 17.4. The number of hydrogen-bond acceptors (Lipinski definition) is 2. The van der Waals surface area contributed by atoms with Gasteiger partial charge in [-0.3, -0.25) is 15.7 Å². The van der Waals surface area contributed by atoms with E-state index in [1.165, 1.54) is 25.7 Å². The van der Waals surface area contributed by atoms with Gasteiger partial charge in [0.1, 0.15) is 0 Å². The molecule has 0 aromatic rings. The zero-order valence-corrected chi connectivity index (χ0v) is 11.0. The van der Waals surface area contributed by atoms with Gasteiger partial charge in [-0.2, -0.15) is 0 Å². The summed E-state index contributed by atoms with van der Waals surface area (Å²) in [5, 5.41) is 12.5. The average molecular weight is 250 g/mol. The molecular weight excluding hydrogens is 226 g/mol. The van der Waals surface area contributed by atoms with Gasteiger partial charge in [0.2, 0.25) is 0 Å². The maximum Gasteiger partial charge on any atom is 0.197 e. The van der Waals surface area contributed by atoms with Gasteiger partial charge < -0.3 is 11.1 Å².